The lowest BCUT2D eigenvalue weighted by molar-refractivity contribution is 0.0594. The van der Waals surface area contributed by atoms with Gasteiger partial charge in [-0.3, -0.25) is 9.78 Å². The molecule has 2 heterocycles. The lowest BCUT2D eigenvalue weighted by atomic mass is 9.97. The summed E-state index contributed by atoms with van der Waals surface area (Å²) in [5.41, 5.74) is 0.334. The summed E-state index contributed by atoms with van der Waals surface area (Å²) < 4.78 is 0. The van der Waals surface area contributed by atoms with Crippen LogP contribution < -0.4 is 0 Å². The van der Waals surface area contributed by atoms with Crippen LogP contribution in [0.2, 0.25) is 0 Å². The van der Waals surface area contributed by atoms with Crippen molar-refractivity contribution in [2.45, 2.75) is 45.1 Å². The molecule has 0 aromatic carbocycles. The van der Waals surface area contributed by atoms with Crippen molar-refractivity contribution in [3.8, 4) is 0 Å². The number of nitrogens with zero attached hydrogens (tertiary/aromatic N) is 2. The predicted molar refractivity (Wildman–Crippen MR) is 74.8 cm³/mol. The Bertz CT molecular complexity index is 500. The molecule has 1 aromatic heterocycles. The Kier molecular flexibility index (Phi) is 4.71. The van der Waals surface area contributed by atoms with Gasteiger partial charge < -0.3 is 10.0 Å². The zero-order chi connectivity index (χ0) is 14.5. The van der Waals surface area contributed by atoms with Crippen molar-refractivity contribution >= 4 is 11.9 Å². The minimum Gasteiger partial charge on any atom is -0.478 e. The summed E-state index contributed by atoms with van der Waals surface area (Å²) in [6.45, 7) is 2.85. The molecule has 0 radical (unpaired) electrons. The molecule has 1 atom stereocenters. The van der Waals surface area contributed by atoms with E-state index in [1.54, 1.807) is 0 Å². The topological polar surface area (TPSA) is 70.5 Å². The Morgan fingerprint density at radius 2 is 2.25 bits per heavy atom. The van der Waals surface area contributed by atoms with Crippen LogP contribution in [-0.4, -0.2) is 39.5 Å². The smallest absolute Gasteiger partial charge is 0.335 e. The Hall–Kier alpha value is -1.91. The number of aromatic nitrogens is 1. The monoisotopic (exact) mass is 276 g/mol. The average Bonchev–Trinajstić information content (AvgIpc) is 2.47. The van der Waals surface area contributed by atoms with E-state index in [1.165, 1.54) is 18.3 Å². The van der Waals surface area contributed by atoms with Crippen LogP contribution >= 0.6 is 0 Å². The van der Waals surface area contributed by atoms with Gasteiger partial charge in [0.25, 0.3) is 5.91 Å². The molecule has 1 aliphatic heterocycles. The summed E-state index contributed by atoms with van der Waals surface area (Å²) in [5, 5.41) is 8.98. The van der Waals surface area contributed by atoms with E-state index in [2.05, 4.69) is 11.9 Å². The quantitative estimate of drug-likeness (QED) is 0.917. The first-order valence-corrected chi connectivity index (χ1v) is 7.13. The van der Waals surface area contributed by atoms with Gasteiger partial charge in [-0.2, -0.15) is 0 Å². The van der Waals surface area contributed by atoms with Gasteiger partial charge >= 0.3 is 5.97 Å². The maximum atomic E-state index is 12.5. The van der Waals surface area contributed by atoms with E-state index in [-0.39, 0.29) is 23.2 Å². The van der Waals surface area contributed by atoms with E-state index in [0.717, 1.165) is 38.6 Å². The number of carbonyl (C=O) groups excluding carboxylic acids is 1. The molecule has 108 valence electrons. The van der Waals surface area contributed by atoms with Crippen molar-refractivity contribution in [2.24, 2.45) is 0 Å². The minimum absolute atomic E-state index is 0.104. The van der Waals surface area contributed by atoms with Gasteiger partial charge in [0.2, 0.25) is 0 Å². The molecule has 0 bridgehead atoms. The van der Waals surface area contributed by atoms with E-state index in [4.69, 9.17) is 5.11 Å². The van der Waals surface area contributed by atoms with E-state index >= 15 is 0 Å². The van der Waals surface area contributed by atoms with Gasteiger partial charge in [0.05, 0.1) is 5.56 Å². The van der Waals surface area contributed by atoms with Crippen molar-refractivity contribution in [1.29, 1.82) is 0 Å². The van der Waals surface area contributed by atoms with E-state index in [9.17, 15) is 9.59 Å². The summed E-state index contributed by atoms with van der Waals surface area (Å²) in [6, 6.07) is 3.03. The van der Waals surface area contributed by atoms with Crippen LogP contribution in [0, 0.1) is 0 Å². The van der Waals surface area contributed by atoms with E-state index in [1.807, 2.05) is 4.90 Å². The number of likely N-dealkylation sites (tertiary alicyclic amines) is 1. The third-order valence-corrected chi connectivity index (χ3v) is 3.74. The molecule has 1 N–H and O–H groups in total. The number of carboxylic acids is 1. The molecule has 0 spiro atoms. The average molecular weight is 276 g/mol. The van der Waals surface area contributed by atoms with Crippen LogP contribution in [0.4, 0.5) is 0 Å². The molecular weight excluding hydrogens is 256 g/mol. The van der Waals surface area contributed by atoms with Gasteiger partial charge in [-0.05, 0) is 37.8 Å². The van der Waals surface area contributed by atoms with Crippen molar-refractivity contribution in [3.63, 3.8) is 0 Å². The van der Waals surface area contributed by atoms with Crippen LogP contribution in [0.3, 0.4) is 0 Å². The zero-order valence-corrected chi connectivity index (χ0v) is 11.7. The summed E-state index contributed by atoms with van der Waals surface area (Å²) in [6.07, 6.45) is 6.59. The fourth-order valence-electron chi connectivity index (χ4n) is 2.73. The normalized spacial score (nSPS) is 18.9. The summed E-state index contributed by atoms with van der Waals surface area (Å²) in [5.74, 6) is -1.18. The van der Waals surface area contributed by atoms with Gasteiger partial charge in [0.1, 0.15) is 5.69 Å². The summed E-state index contributed by atoms with van der Waals surface area (Å²) in [7, 11) is 0. The van der Waals surface area contributed by atoms with Crippen molar-refractivity contribution in [2.75, 3.05) is 6.54 Å². The maximum absolute atomic E-state index is 12.5. The van der Waals surface area contributed by atoms with Gasteiger partial charge in [-0.1, -0.05) is 13.3 Å². The predicted octanol–water partition coefficient (Wildman–Crippen LogP) is 2.57. The Morgan fingerprint density at radius 3 is 2.95 bits per heavy atom. The highest BCUT2D eigenvalue weighted by Gasteiger charge is 2.27. The summed E-state index contributed by atoms with van der Waals surface area (Å²) in [4.78, 5) is 29.4. The number of piperidine rings is 1. The third kappa shape index (κ3) is 3.15. The van der Waals surface area contributed by atoms with Gasteiger partial charge in [0.15, 0.2) is 0 Å². The minimum atomic E-state index is -1.04. The van der Waals surface area contributed by atoms with E-state index < -0.39 is 5.97 Å². The first-order chi connectivity index (χ1) is 9.63. The number of carbonyl (C=O) groups is 2. The fraction of sp³-hybridized carbons (Fsp3) is 0.533. The molecule has 1 aliphatic rings. The van der Waals surface area contributed by atoms with Crippen LogP contribution in [0.1, 0.15) is 59.9 Å². The van der Waals surface area contributed by atoms with Crippen LogP contribution in [0.25, 0.3) is 0 Å². The van der Waals surface area contributed by atoms with Crippen LogP contribution in [0.15, 0.2) is 18.3 Å². The van der Waals surface area contributed by atoms with Gasteiger partial charge in [-0.25, -0.2) is 4.79 Å². The van der Waals surface area contributed by atoms with Gasteiger partial charge in [0, 0.05) is 18.8 Å². The number of amides is 1. The van der Waals surface area contributed by atoms with Crippen molar-refractivity contribution < 1.29 is 14.7 Å². The first kappa shape index (κ1) is 14.5. The molecule has 1 fully saturated rings. The Labute approximate surface area is 118 Å². The summed E-state index contributed by atoms with van der Waals surface area (Å²) >= 11 is 0. The lowest BCUT2D eigenvalue weighted by Gasteiger charge is -2.35. The highest BCUT2D eigenvalue weighted by molar-refractivity contribution is 5.96. The molecule has 20 heavy (non-hydrogen) atoms. The number of rotatable bonds is 4. The number of carboxylic acid groups (broad SMARTS) is 1. The molecule has 1 aromatic rings. The Morgan fingerprint density at radius 1 is 1.45 bits per heavy atom. The second-order valence-electron chi connectivity index (χ2n) is 5.17. The van der Waals surface area contributed by atoms with E-state index in [0.29, 0.717) is 0 Å². The maximum Gasteiger partial charge on any atom is 0.335 e. The lowest BCUT2D eigenvalue weighted by Crippen LogP contribution is -2.44. The molecule has 0 aliphatic carbocycles. The van der Waals surface area contributed by atoms with Crippen LogP contribution in [0.5, 0.6) is 0 Å². The molecule has 1 amide bonds. The highest BCUT2D eigenvalue weighted by atomic mass is 16.4. The molecule has 1 unspecified atom stereocenters. The molecule has 1 saturated heterocycles. The van der Waals surface area contributed by atoms with Gasteiger partial charge in [-0.15, -0.1) is 0 Å². The second-order valence-corrected chi connectivity index (χ2v) is 5.17. The number of hydrogen-bond donors (Lipinski definition) is 1. The molecular formula is C15H20N2O3. The Balaban J connectivity index is 2.20. The number of aromatic carboxylic acids is 1. The van der Waals surface area contributed by atoms with Crippen molar-refractivity contribution in [1.82, 2.24) is 9.88 Å². The molecule has 2 rings (SSSR count). The number of pyridine rings is 1. The highest BCUT2D eigenvalue weighted by Crippen LogP contribution is 2.22. The third-order valence-electron chi connectivity index (χ3n) is 3.74. The molecule has 5 heteroatoms. The molecule has 5 nitrogen and oxygen atoms in total. The standard InChI is InChI=1S/C15H20N2O3/c1-2-5-12-6-3-4-9-17(12)14(18)13-10-11(15(19)20)7-8-16-13/h7-8,10,12H,2-6,9H2,1H3,(H,19,20). The zero-order valence-electron chi connectivity index (χ0n) is 11.7. The van der Waals surface area contributed by atoms with Crippen LogP contribution in [-0.2, 0) is 0 Å². The number of hydrogen-bond acceptors (Lipinski definition) is 3. The SMILES string of the molecule is CCCC1CCCCN1C(=O)c1cc(C(=O)O)ccn1. The fourth-order valence-corrected chi connectivity index (χ4v) is 2.73. The largest absolute Gasteiger partial charge is 0.478 e. The van der Waals surface area contributed by atoms with Crippen molar-refractivity contribution in [3.05, 3.63) is 29.6 Å². The first-order valence-electron chi connectivity index (χ1n) is 7.13. The second kappa shape index (κ2) is 6.50. The molecule has 0 saturated carbocycles.